The van der Waals surface area contributed by atoms with Crippen LogP contribution < -0.4 is 15.4 Å². The zero-order chi connectivity index (χ0) is 20.3. The summed E-state index contributed by atoms with van der Waals surface area (Å²) < 4.78 is 59.5. The molecule has 0 saturated heterocycles. The van der Waals surface area contributed by atoms with Crippen LogP contribution in [0.5, 0.6) is 5.75 Å². The SMILES string of the molecule is COc1c(F)c(F)c(C(=O)NC(=S)Nc2cccc(C(C)=O)c2)c(F)c1F. The average molecular weight is 400 g/mol. The standard InChI is InChI=1S/C17H12F4N2O3S/c1-7(24)8-4-3-5-9(6-8)22-17(27)23-16(25)10-11(18)13(20)15(26-2)14(21)12(10)19/h3-6H,1-2H3,(H2,22,23,25,27). The minimum atomic E-state index is -1.93. The number of hydrogen-bond acceptors (Lipinski definition) is 4. The summed E-state index contributed by atoms with van der Waals surface area (Å²) in [6, 6.07) is 6.02. The van der Waals surface area contributed by atoms with Gasteiger partial charge >= 0.3 is 0 Å². The number of anilines is 1. The van der Waals surface area contributed by atoms with E-state index in [9.17, 15) is 27.2 Å². The van der Waals surface area contributed by atoms with Gasteiger partial charge in [-0.3, -0.25) is 14.9 Å². The number of Topliss-reactive ketones (excluding diaryl/α,β-unsaturated/α-hetero) is 1. The fraction of sp³-hybridized carbons (Fsp3) is 0.118. The number of thiocarbonyl (C=S) groups is 1. The number of methoxy groups -OCH3 is 1. The number of amides is 1. The van der Waals surface area contributed by atoms with Gasteiger partial charge < -0.3 is 10.1 Å². The second-order valence-corrected chi connectivity index (χ2v) is 5.62. The number of hydrogen-bond donors (Lipinski definition) is 2. The van der Waals surface area contributed by atoms with Crippen molar-refractivity contribution in [3.63, 3.8) is 0 Å². The molecule has 0 aliphatic carbocycles. The topological polar surface area (TPSA) is 67.4 Å². The summed E-state index contributed by atoms with van der Waals surface area (Å²) in [5.41, 5.74) is -0.834. The molecule has 0 bridgehead atoms. The molecule has 2 aromatic rings. The van der Waals surface area contributed by atoms with E-state index in [1.54, 1.807) is 6.07 Å². The van der Waals surface area contributed by atoms with Crippen molar-refractivity contribution < 1.29 is 31.9 Å². The van der Waals surface area contributed by atoms with E-state index < -0.39 is 45.6 Å². The minimum Gasteiger partial charge on any atom is -0.491 e. The van der Waals surface area contributed by atoms with Crippen LogP contribution in [0, 0.1) is 23.3 Å². The van der Waals surface area contributed by atoms with Gasteiger partial charge in [-0.1, -0.05) is 12.1 Å². The monoisotopic (exact) mass is 400 g/mol. The van der Waals surface area contributed by atoms with Crippen molar-refractivity contribution in [3.05, 3.63) is 58.7 Å². The zero-order valence-corrected chi connectivity index (χ0v) is 14.8. The number of halogens is 4. The van der Waals surface area contributed by atoms with Crippen LogP contribution in [-0.2, 0) is 0 Å². The number of benzene rings is 2. The highest BCUT2D eigenvalue weighted by molar-refractivity contribution is 7.80. The number of carbonyl (C=O) groups is 2. The van der Waals surface area contributed by atoms with Gasteiger partial charge in [-0.15, -0.1) is 0 Å². The van der Waals surface area contributed by atoms with Crippen LogP contribution in [0.25, 0.3) is 0 Å². The Balaban J connectivity index is 2.24. The van der Waals surface area contributed by atoms with Crippen molar-refractivity contribution in [1.29, 1.82) is 0 Å². The number of carbonyl (C=O) groups excluding carboxylic acids is 2. The van der Waals surface area contributed by atoms with E-state index in [2.05, 4.69) is 10.1 Å². The van der Waals surface area contributed by atoms with Crippen LogP contribution in [-0.4, -0.2) is 23.9 Å². The van der Waals surface area contributed by atoms with Gasteiger partial charge in [0.2, 0.25) is 11.6 Å². The van der Waals surface area contributed by atoms with Crippen LogP contribution in [0.15, 0.2) is 24.3 Å². The van der Waals surface area contributed by atoms with Crippen molar-refractivity contribution in [2.45, 2.75) is 6.92 Å². The van der Waals surface area contributed by atoms with Crippen LogP contribution in [0.4, 0.5) is 23.2 Å². The molecule has 2 rings (SSSR count). The van der Waals surface area contributed by atoms with Crippen LogP contribution in [0.2, 0.25) is 0 Å². The lowest BCUT2D eigenvalue weighted by atomic mass is 10.1. The molecule has 2 N–H and O–H groups in total. The quantitative estimate of drug-likeness (QED) is 0.355. The van der Waals surface area contributed by atoms with Gasteiger partial charge in [0.25, 0.3) is 5.91 Å². The fourth-order valence-electron chi connectivity index (χ4n) is 2.13. The van der Waals surface area contributed by atoms with Crippen molar-refractivity contribution in [2.24, 2.45) is 0 Å². The third-order valence-electron chi connectivity index (χ3n) is 3.41. The van der Waals surface area contributed by atoms with Gasteiger partial charge in [-0.2, -0.15) is 8.78 Å². The van der Waals surface area contributed by atoms with Crippen molar-refractivity contribution in [1.82, 2.24) is 5.32 Å². The lowest BCUT2D eigenvalue weighted by Gasteiger charge is -2.13. The van der Waals surface area contributed by atoms with Gasteiger partial charge in [0.15, 0.2) is 28.3 Å². The summed E-state index contributed by atoms with van der Waals surface area (Å²) in [6.07, 6.45) is 0. The number of ketones is 1. The molecule has 142 valence electrons. The van der Waals surface area contributed by atoms with Gasteiger partial charge in [-0.25, -0.2) is 8.78 Å². The Labute approximate surface area is 156 Å². The Bertz CT molecular complexity index is 921. The maximum Gasteiger partial charge on any atom is 0.263 e. The first-order valence-corrected chi connectivity index (χ1v) is 7.71. The Morgan fingerprint density at radius 2 is 1.63 bits per heavy atom. The van der Waals surface area contributed by atoms with E-state index in [0.717, 1.165) is 7.11 Å². The van der Waals surface area contributed by atoms with E-state index in [0.29, 0.717) is 11.3 Å². The highest BCUT2D eigenvalue weighted by Crippen LogP contribution is 2.29. The number of ether oxygens (including phenoxy) is 1. The molecule has 1 amide bonds. The summed E-state index contributed by atoms with van der Waals surface area (Å²) in [4.78, 5) is 23.4. The van der Waals surface area contributed by atoms with E-state index in [-0.39, 0.29) is 5.78 Å². The minimum absolute atomic E-state index is 0.220. The lowest BCUT2D eigenvalue weighted by molar-refractivity contribution is 0.0965. The highest BCUT2D eigenvalue weighted by Gasteiger charge is 2.30. The molecule has 2 aromatic carbocycles. The Hall–Kier alpha value is -3.01. The third-order valence-corrected chi connectivity index (χ3v) is 3.61. The molecule has 5 nitrogen and oxygen atoms in total. The molecule has 0 saturated carbocycles. The molecule has 0 spiro atoms. The summed E-state index contributed by atoms with van der Waals surface area (Å²) in [7, 11) is 0.814. The molecule has 0 aliphatic rings. The first kappa shape index (κ1) is 20.3. The van der Waals surface area contributed by atoms with Gasteiger partial charge in [0, 0.05) is 11.3 Å². The van der Waals surface area contributed by atoms with Crippen LogP contribution in [0.1, 0.15) is 27.6 Å². The number of nitrogens with one attached hydrogen (secondary N) is 2. The summed E-state index contributed by atoms with van der Waals surface area (Å²) in [5.74, 6) is -10.6. The van der Waals surface area contributed by atoms with Crippen LogP contribution >= 0.6 is 12.2 Å². The Morgan fingerprint density at radius 1 is 1.04 bits per heavy atom. The lowest BCUT2D eigenvalue weighted by Crippen LogP contribution is -2.35. The molecule has 0 radical (unpaired) electrons. The molecular formula is C17H12F4N2O3S. The molecule has 27 heavy (non-hydrogen) atoms. The smallest absolute Gasteiger partial charge is 0.263 e. The van der Waals surface area contributed by atoms with Crippen molar-refractivity contribution in [3.8, 4) is 5.75 Å². The van der Waals surface area contributed by atoms with Gasteiger partial charge in [0.05, 0.1) is 7.11 Å². The Kier molecular flexibility index (Phi) is 6.11. The largest absolute Gasteiger partial charge is 0.491 e. The fourth-order valence-corrected chi connectivity index (χ4v) is 2.34. The van der Waals surface area contributed by atoms with E-state index in [1.165, 1.54) is 25.1 Å². The van der Waals surface area contributed by atoms with E-state index >= 15 is 0 Å². The molecule has 0 unspecified atom stereocenters. The molecule has 0 heterocycles. The molecular weight excluding hydrogens is 388 g/mol. The van der Waals surface area contributed by atoms with Gasteiger partial charge in [0.1, 0.15) is 5.56 Å². The predicted octanol–water partition coefficient (Wildman–Crippen LogP) is 3.58. The first-order valence-electron chi connectivity index (χ1n) is 7.30. The van der Waals surface area contributed by atoms with Crippen LogP contribution in [0.3, 0.4) is 0 Å². The summed E-state index contributed by atoms with van der Waals surface area (Å²) in [6.45, 7) is 1.34. The molecule has 0 atom stereocenters. The van der Waals surface area contributed by atoms with Gasteiger partial charge in [-0.05, 0) is 31.3 Å². The summed E-state index contributed by atoms with van der Waals surface area (Å²) in [5, 5.41) is 4.02. The molecule has 0 fully saturated rings. The maximum absolute atomic E-state index is 13.9. The first-order chi connectivity index (χ1) is 12.7. The molecule has 0 aromatic heterocycles. The third kappa shape index (κ3) is 4.22. The zero-order valence-electron chi connectivity index (χ0n) is 14.0. The highest BCUT2D eigenvalue weighted by atomic mass is 32.1. The van der Waals surface area contributed by atoms with E-state index in [4.69, 9.17) is 12.2 Å². The predicted molar refractivity (Wildman–Crippen MR) is 93.0 cm³/mol. The summed E-state index contributed by atoms with van der Waals surface area (Å²) >= 11 is 4.84. The molecule has 10 heteroatoms. The van der Waals surface area contributed by atoms with Crippen molar-refractivity contribution >= 4 is 34.7 Å². The maximum atomic E-state index is 13.9. The normalized spacial score (nSPS) is 10.3. The second-order valence-electron chi connectivity index (χ2n) is 5.21. The Morgan fingerprint density at radius 3 is 2.15 bits per heavy atom. The van der Waals surface area contributed by atoms with E-state index in [1.807, 2.05) is 5.32 Å². The second kappa shape index (κ2) is 8.12. The number of rotatable bonds is 4. The molecule has 0 aliphatic heterocycles. The average Bonchev–Trinajstić information content (AvgIpc) is 2.60. The van der Waals surface area contributed by atoms with Crippen molar-refractivity contribution in [2.75, 3.05) is 12.4 Å².